The first-order chi connectivity index (χ1) is 12.6. The van der Waals surface area contributed by atoms with Gasteiger partial charge in [-0.3, -0.25) is 4.79 Å². The van der Waals surface area contributed by atoms with Gasteiger partial charge in [0.2, 0.25) is 0 Å². The summed E-state index contributed by atoms with van der Waals surface area (Å²) >= 11 is 0. The van der Waals surface area contributed by atoms with Crippen molar-refractivity contribution < 1.29 is 39.7 Å². The van der Waals surface area contributed by atoms with Gasteiger partial charge in [0.05, 0.1) is 12.1 Å². The molecule has 0 aliphatic carbocycles. The second kappa shape index (κ2) is 11.0. The lowest BCUT2D eigenvalue weighted by Crippen LogP contribution is -3.00. The normalized spacial score (nSPS) is 11.4. The zero-order valence-corrected chi connectivity index (χ0v) is 16.9. The number of carbonyl (C=O) groups excluding carboxylic acids is 1. The van der Waals surface area contributed by atoms with Crippen LogP contribution in [0.5, 0.6) is 0 Å². The van der Waals surface area contributed by atoms with E-state index in [1.165, 1.54) is 12.1 Å². The Morgan fingerprint density at radius 2 is 1.82 bits per heavy atom. The lowest BCUT2D eigenvalue weighted by atomic mass is 10.0. The molecule has 0 saturated heterocycles. The molecule has 5 nitrogen and oxygen atoms in total. The fourth-order valence-electron chi connectivity index (χ4n) is 2.97. The number of amides is 1. The number of H-pyrrole nitrogens is 1. The van der Waals surface area contributed by atoms with Crippen LogP contribution in [0.1, 0.15) is 23.2 Å². The fourth-order valence-corrected chi connectivity index (χ4v) is 2.97. The number of halogens is 3. The van der Waals surface area contributed by atoms with Crippen LogP contribution in [-0.4, -0.2) is 30.0 Å². The Morgan fingerprint density at radius 3 is 2.50 bits per heavy atom. The Morgan fingerprint density at radius 1 is 1.14 bits per heavy atom. The Labute approximate surface area is 175 Å². The van der Waals surface area contributed by atoms with Gasteiger partial charge in [-0.05, 0) is 48.4 Å². The van der Waals surface area contributed by atoms with Crippen LogP contribution in [0.3, 0.4) is 0 Å². The van der Waals surface area contributed by atoms with Crippen molar-refractivity contribution in [3.05, 3.63) is 60.0 Å². The molecule has 0 unspecified atom stereocenters. The van der Waals surface area contributed by atoms with Crippen LogP contribution in [0.25, 0.3) is 22.0 Å². The van der Waals surface area contributed by atoms with Crippen LogP contribution in [0.4, 0.5) is 4.39 Å². The number of nitrogens with two attached hydrogens (primary N) is 1. The summed E-state index contributed by atoms with van der Waals surface area (Å²) in [6.45, 7) is 1.15. The molecule has 0 fully saturated rings. The largest absolute Gasteiger partial charge is 1.00 e. The molecule has 3 rings (SSSR count). The molecular formula is C20H24Cl2FN4O-. The predicted octanol–water partition coefficient (Wildman–Crippen LogP) is -3.94. The van der Waals surface area contributed by atoms with E-state index >= 15 is 0 Å². The number of aromatic amines is 1. The van der Waals surface area contributed by atoms with E-state index in [4.69, 9.17) is 5.73 Å². The third kappa shape index (κ3) is 5.69. The monoisotopic (exact) mass is 425 g/mol. The van der Waals surface area contributed by atoms with Gasteiger partial charge in [0.15, 0.2) is 0 Å². The Kier molecular flexibility index (Phi) is 9.41. The lowest BCUT2D eigenvalue weighted by molar-refractivity contribution is -0.418. The molecule has 152 valence electrons. The van der Waals surface area contributed by atoms with E-state index in [-0.39, 0.29) is 42.6 Å². The predicted molar refractivity (Wildman–Crippen MR) is 101 cm³/mol. The summed E-state index contributed by atoms with van der Waals surface area (Å²) in [4.78, 5) is 15.7. The van der Waals surface area contributed by atoms with Crippen LogP contribution in [0.15, 0.2) is 48.7 Å². The second-order valence-electron chi connectivity index (χ2n) is 6.48. The quantitative estimate of drug-likeness (QED) is 0.310. The van der Waals surface area contributed by atoms with Crippen LogP contribution < -0.4 is 41.6 Å². The van der Waals surface area contributed by atoms with Crippen LogP contribution >= 0.6 is 0 Å². The Balaban J connectivity index is 0.00000196. The van der Waals surface area contributed by atoms with Crippen LogP contribution in [0, 0.1) is 5.82 Å². The Hall–Kier alpha value is -2.12. The zero-order valence-electron chi connectivity index (χ0n) is 15.4. The van der Waals surface area contributed by atoms with E-state index in [1.54, 1.807) is 18.3 Å². The average molecular weight is 426 g/mol. The Bertz CT molecular complexity index is 899. The zero-order chi connectivity index (χ0) is 18.5. The molecule has 1 aromatic heterocycles. The number of aromatic nitrogens is 1. The summed E-state index contributed by atoms with van der Waals surface area (Å²) in [6, 6.07) is 12.3. The number of quaternary nitrogens is 1. The van der Waals surface area contributed by atoms with Crippen LogP contribution in [0.2, 0.25) is 0 Å². The van der Waals surface area contributed by atoms with Gasteiger partial charge < -0.3 is 46.6 Å². The average Bonchev–Trinajstić information content (AvgIpc) is 3.08. The van der Waals surface area contributed by atoms with Gasteiger partial charge in [0.25, 0.3) is 5.91 Å². The van der Waals surface area contributed by atoms with E-state index in [0.717, 1.165) is 34.9 Å². The van der Waals surface area contributed by atoms with Gasteiger partial charge in [0, 0.05) is 23.5 Å². The molecule has 28 heavy (non-hydrogen) atoms. The minimum absolute atomic E-state index is 0. The number of nitrogens with one attached hydrogen (secondary N) is 2. The first kappa shape index (κ1) is 23.9. The maximum Gasteiger partial charge on any atom is 0.253 e. The van der Waals surface area contributed by atoms with Gasteiger partial charge in [0.1, 0.15) is 11.9 Å². The van der Waals surface area contributed by atoms with Crippen molar-refractivity contribution >= 4 is 16.8 Å². The molecular weight excluding hydrogens is 402 g/mol. The third-order valence-electron chi connectivity index (χ3n) is 4.47. The number of hydrogen-bond acceptors (Lipinski definition) is 2. The number of benzene rings is 2. The van der Waals surface area contributed by atoms with Gasteiger partial charge in [-0.2, -0.15) is 0 Å². The highest BCUT2D eigenvalue weighted by molar-refractivity contribution is 6.07. The smallest absolute Gasteiger partial charge is 0.253 e. The highest BCUT2D eigenvalue weighted by atomic mass is 35.5. The van der Waals surface area contributed by atoms with Crippen molar-refractivity contribution in [2.45, 2.75) is 18.9 Å². The van der Waals surface area contributed by atoms with Gasteiger partial charge in [-0.25, -0.2) is 4.39 Å². The number of carbonyl (C=O) groups is 1. The highest BCUT2D eigenvalue weighted by Crippen LogP contribution is 2.26. The van der Waals surface area contributed by atoms with Crippen molar-refractivity contribution in [3.8, 4) is 11.1 Å². The fraction of sp³-hybridized carbons (Fsp3) is 0.250. The molecule has 0 aliphatic heterocycles. The summed E-state index contributed by atoms with van der Waals surface area (Å²) in [6.07, 6.45) is 3.50. The number of fused-ring (bicyclic) bond motifs is 1. The third-order valence-corrected chi connectivity index (χ3v) is 4.47. The summed E-state index contributed by atoms with van der Waals surface area (Å²) < 4.78 is 13.1. The van der Waals surface area contributed by atoms with Crippen molar-refractivity contribution in [1.29, 1.82) is 0 Å². The van der Waals surface area contributed by atoms with Crippen LogP contribution in [-0.2, 0) is 0 Å². The molecule has 1 amide bonds. The second-order valence-corrected chi connectivity index (χ2v) is 6.48. The number of rotatable bonds is 7. The maximum absolute atomic E-state index is 13.1. The van der Waals surface area contributed by atoms with Gasteiger partial charge in [-0.15, -0.1) is 0 Å². The molecule has 1 atom stereocenters. The molecule has 3 aromatic rings. The molecule has 0 bridgehead atoms. The molecule has 7 N–H and O–H groups in total. The molecule has 0 aliphatic rings. The van der Waals surface area contributed by atoms with Crippen molar-refractivity contribution in [2.24, 2.45) is 5.73 Å². The molecule has 0 radical (unpaired) electrons. The van der Waals surface area contributed by atoms with Crippen molar-refractivity contribution in [1.82, 2.24) is 10.3 Å². The van der Waals surface area contributed by atoms with Crippen molar-refractivity contribution in [3.63, 3.8) is 0 Å². The SMILES string of the molecule is NCCC[C@H]([NH3+])CNC(=O)c1c[nH]c2ccc(-c3ccc(F)cc3)cc12.[Cl-].[Cl-]. The number of hydrogen-bond donors (Lipinski definition) is 4. The summed E-state index contributed by atoms with van der Waals surface area (Å²) in [5.41, 5.74) is 12.9. The highest BCUT2D eigenvalue weighted by Gasteiger charge is 2.15. The molecule has 1 heterocycles. The summed E-state index contributed by atoms with van der Waals surface area (Å²) in [7, 11) is 0. The summed E-state index contributed by atoms with van der Waals surface area (Å²) in [5, 5.41) is 3.78. The van der Waals surface area contributed by atoms with E-state index < -0.39 is 0 Å². The maximum atomic E-state index is 13.1. The lowest BCUT2D eigenvalue weighted by Gasteiger charge is -2.09. The molecule has 8 heteroatoms. The molecule has 0 spiro atoms. The summed E-state index contributed by atoms with van der Waals surface area (Å²) in [5.74, 6) is -0.400. The minimum atomic E-state index is -0.270. The van der Waals surface area contributed by atoms with Gasteiger partial charge >= 0.3 is 0 Å². The standard InChI is InChI=1S/C20H23FN4O.2ClH/c21-15-6-3-13(4-7-15)14-5-8-19-17(10-14)18(12-24-19)20(26)25-11-16(23)2-1-9-22;;/h3-8,10,12,16,24H,1-2,9,11,22-23H2,(H,25,26);2*1H/p-1/t16-;;/m0../s1. The van der Waals surface area contributed by atoms with Gasteiger partial charge in [-0.1, -0.05) is 18.2 Å². The molecule has 2 aromatic carbocycles. The first-order valence-corrected chi connectivity index (χ1v) is 8.77. The first-order valence-electron chi connectivity index (χ1n) is 8.77. The minimum Gasteiger partial charge on any atom is -1.00 e. The van der Waals surface area contributed by atoms with Crippen molar-refractivity contribution in [2.75, 3.05) is 13.1 Å². The molecule has 0 saturated carbocycles. The van der Waals surface area contributed by atoms with E-state index in [1.807, 2.05) is 18.2 Å². The van der Waals surface area contributed by atoms with E-state index in [2.05, 4.69) is 16.0 Å². The van der Waals surface area contributed by atoms with E-state index in [9.17, 15) is 9.18 Å². The topological polar surface area (TPSA) is 98.5 Å². The van der Waals surface area contributed by atoms with E-state index in [0.29, 0.717) is 18.7 Å².